The van der Waals surface area contributed by atoms with Crippen molar-refractivity contribution in [2.75, 3.05) is 19.7 Å². The van der Waals surface area contributed by atoms with Crippen molar-refractivity contribution in [2.45, 2.75) is 38.1 Å². The van der Waals surface area contributed by atoms with Gasteiger partial charge in [-0.25, -0.2) is 8.42 Å². The number of sulfonamides is 1. The Hall–Kier alpha value is -2.38. The topological polar surface area (TPSA) is 75.7 Å². The van der Waals surface area contributed by atoms with Crippen LogP contribution in [-0.4, -0.2) is 38.3 Å². The molecular weight excluding hydrogens is 376 g/mol. The number of carbonyl (C=O) groups is 1. The first kappa shape index (κ1) is 21.9. The monoisotopic (exact) mass is 404 g/mol. The highest BCUT2D eigenvalue weighted by atomic mass is 32.2. The lowest BCUT2D eigenvalue weighted by Gasteiger charge is -2.18. The second-order valence-corrected chi connectivity index (χ2v) is 8.21. The summed E-state index contributed by atoms with van der Waals surface area (Å²) in [5.74, 6) is 0.735. The standard InChI is InChI=1S/C21H28N2O4S/c1-3-23(4-2)28(25,26)20-14-12-18(13-15-20)17-22-21(24)11-8-16-27-19-9-6-5-7-10-19/h5-7,9-10,12-15H,3-4,8,11,16-17H2,1-2H3,(H,22,24). The molecule has 0 aliphatic heterocycles. The Balaban J connectivity index is 1.76. The molecule has 0 spiro atoms. The minimum Gasteiger partial charge on any atom is -0.494 e. The third-order valence-electron chi connectivity index (χ3n) is 4.32. The van der Waals surface area contributed by atoms with Gasteiger partial charge in [0.1, 0.15) is 5.75 Å². The van der Waals surface area contributed by atoms with Crippen LogP contribution >= 0.6 is 0 Å². The summed E-state index contributed by atoms with van der Waals surface area (Å²) in [4.78, 5) is 12.2. The van der Waals surface area contributed by atoms with E-state index >= 15 is 0 Å². The Kier molecular flexibility index (Phi) is 8.47. The van der Waals surface area contributed by atoms with Gasteiger partial charge in [0.25, 0.3) is 0 Å². The van der Waals surface area contributed by atoms with E-state index in [1.807, 2.05) is 44.2 Å². The summed E-state index contributed by atoms with van der Waals surface area (Å²) < 4.78 is 31.9. The van der Waals surface area contributed by atoms with E-state index in [0.717, 1.165) is 11.3 Å². The molecule has 0 aliphatic carbocycles. The molecular formula is C21H28N2O4S. The number of para-hydroxylation sites is 1. The largest absolute Gasteiger partial charge is 0.494 e. The molecule has 0 heterocycles. The molecule has 0 aromatic heterocycles. The third-order valence-corrected chi connectivity index (χ3v) is 6.38. The van der Waals surface area contributed by atoms with E-state index in [2.05, 4.69) is 5.32 Å². The van der Waals surface area contributed by atoms with Gasteiger partial charge in [-0.05, 0) is 36.2 Å². The number of hydrogen-bond acceptors (Lipinski definition) is 4. The fraction of sp³-hybridized carbons (Fsp3) is 0.381. The summed E-state index contributed by atoms with van der Waals surface area (Å²) in [5, 5.41) is 2.85. The average Bonchev–Trinajstić information content (AvgIpc) is 2.71. The van der Waals surface area contributed by atoms with Crippen LogP contribution in [0, 0.1) is 0 Å². The van der Waals surface area contributed by atoms with Crippen molar-refractivity contribution in [1.82, 2.24) is 9.62 Å². The minimum atomic E-state index is -3.46. The number of rotatable bonds is 11. The van der Waals surface area contributed by atoms with E-state index in [4.69, 9.17) is 4.74 Å². The number of benzene rings is 2. The van der Waals surface area contributed by atoms with Crippen molar-refractivity contribution in [1.29, 1.82) is 0 Å². The Labute approximate surface area is 167 Å². The highest BCUT2D eigenvalue weighted by molar-refractivity contribution is 7.89. The van der Waals surface area contributed by atoms with Gasteiger partial charge >= 0.3 is 0 Å². The number of carbonyl (C=O) groups excluding carboxylic acids is 1. The van der Waals surface area contributed by atoms with Crippen LogP contribution in [0.5, 0.6) is 5.75 Å². The molecule has 0 aliphatic rings. The number of ether oxygens (including phenoxy) is 1. The minimum absolute atomic E-state index is 0.0588. The van der Waals surface area contributed by atoms with Gasteiger partial charge in [0.05, 0.1) is 11.5 Å². The van der Waals surface area contributed by atoms with Gasteiger partial charge in [-0.3, -0.25) is 4.79 Å². The number of nitrogens with zero attached hydrogens (tertiary/aromatic N) is 1. The molecule has 0 fully saturated rings. The van der Waals surface area contributed by atoms with Gasteiger partial charge in [0, 0.05) is 26.1 Å². The number of nitrogens with one attached hydrogen (secondary N) is 1. The van der Waals surface area contributed by atoms with Gasteiger partial charge in [0.15, 0.2) is 0 Å². The molecule has 0 atom stereocenters. The number of hydrogen-bond donors (Lipinski definition) is 1. The predicted molar refractivity (Wildman–Crippen MR) is 110 cm³/mol. The molecule has 2 aromatic rings. The highest BCUT2D eigenvalue weighted by Gasteiger charge is 2.21. The van der Waals surface area contributed by atoms with Crippen LogP contribution in [0.1, 0.15) is 32.3 Å². The molecule has 0 radical (unpaired) electrons. The molecule has 0 saturated heterocycles. The van der Waals surface area contributed by atoms with Crippen molar-refractivity contribution in [3.05, 3.63) is 60.2 Å². The molecule has 28 heavy (non-hydrogen) atoms. The number of amides is 1. The fourth-order valence-corrected chi connectivity index (χ4v) is 4.18. The quantitative estimate of drug-likeness (QED) is 0.584. The summed E-state index contributed by atoms with van der Waals surface area (Å²) in [5.41, 5.74) is 0.854. The Morgan fingerprint density at radius 1 is 1.00 bits per heavy atom. The molecule has 152 valence electrons. The normalized spacial score (nSPS) is 11.4. The molecule has 1 N–H and O–H groups in total. The lowest BCUT2D eigenvalue weighted by atomic mass is 10.2. The van der Waals surface area contributed by atoms with E-state index in [9.17, 15) is 13.2 Å². The summed E-state index contributed by atoms with van der Waals surface area (Å²) in [6.45, 7) is 5.35. The first-order valence-corrected chi connectivity index (χ1v) is 10.9. The first-order chi connectivity index (χ1) is 13.5. The Morgan fingerprint density at radius 2 is 1.64 bits per heavy atom. The second kappa shape index (κ2) is 10.8. The van der Waals surface area contributed by atoms with E-state index in [1.165, 1.54) is 4.31 Å². The van der Waals surface area contributed by atoms with E-state index < -0.39 is 10.0 Å². The molecule has 1 amide bonds. The maximum Gasteiger partial charge on any atom is 0.243 e. The third kappa shape index (κ3) is 6.35. The lowest BCUT2D eigenvalue weighted by molar-refractivity contribution is -0.121. The molecule has 2 rings (SSSR count). The summed E-state index contributed by atoms with van der Waals surface area (Å²) in [7, 11) is -3.46. The van der Waals surface area contributed by atoms with Crippen LogP contribution in [0.3, 0.4) is 0 Å². The van der Waals surface area contributed by atoms with Crippen LogP contribution in [0.2, 0.25) is 0 Å². The average molecular weight is 405 g/mol. The SMILES string of the molecule is CCN(CC)S(=O)(=O)c1ccc(CNC(=O)CCCOc2ccccc2)cc1. The molecule has 0 unspecified atom stereocenters. The van der Waals surface area contributed by atoms with Crippen molar-refractivity contribution < 1.29 is 17.9 Å². The highest BCUT2D eigenvalue weighted by Crippen LogP contribution is 2.16. The summed E-state index contributed by atoms with van der Waals surface area (Å²) in [6.07, 6.45) is 1.00. The van der Waals surface area contributed by atoms with Crippen molar-refractivity contribution in [3.8, 4) is 5.75 Å². The van der Waals surface area contributed by atoms with Gasteiger partial charge in [-0.1, -0.05) is 44.2 Å². The van der Waals surface area contributed by atoms with Crippen LogP contribution in [0.4, 0.5) is 0 Å². The maximum absolute atomic E-state index is 12.5. The zero-order valence-electron chi connectivity index (χ0n) is 16.4. The van der Waals surface area contributed by atoms with E-state index in [0.29, 0.717) is 39.1 Å². The van der Waals surface area contributed by atoms with Crippen LogP contribution in [-0.2, 0) is 21.4 Å². The first-order valence-electron chi connectivity index (χ1n) is 9.51. The smallest absolute Gasteiger partial charge is 0.243 e. The zero-order valence-corrected chi connectivity index (χ0v) is 17.2. The van der Waals surface area contributed by atoms with Crippen molar-refractivity contribution in [3.63, 3.8) is 0 Å². The molecule has 7 heteroatoms. The van der Waals surface area contributed by atoms with Gasteiger partial charge in [0.2, 0.25) is 15.9 Å². The summed E-state index contributed by atoms with van der Waals surface area (Å²) in [6, 6.07) is 16.1. The van der Waals surface area contributed by atoms with Crippen LogP contribution in [0.15, 0.2) is 59.5 Å². The van der Waals surface area contributed by atoms with E-state index in [-0.39, 0.29) is 10.8 Å². The van der Waals surface area contributed by atoms with Crippen molar-refractivity contribution in [2.24, 2.45) is 0 Å². The molecule has 0 bridgehead atoms. The fourth-order valence-electron chi connectivity index (χ4n) is 2.72. The van der Waals surface area contributed by atoms with Crippen molar-refractivity contribution >= 4 is 15.9 Å². The van der Waals surface area contributed by atoms with Gasteiger partial charge in [-0.15, -0.1) is 0 Å². The Morgan fingerprint density at radius 3 is 2.25 bits per heavy atom. The molecule has 6 nitrogen and oxygen atoms in total. The summed E-state index contributed by atoms with van der Waals surface area (Å²) >= 11 is 0. The lowest BCUT2D eigenvalue weighted by Crippen LogP contribution is -2.30. The van der Waals surface area contributed by atoms with Gasteiger partial charge < -0.3 is 10.1 Å². The van der Waals surface area contributed by atoms with Crippen LogP contribution in [0.25, 0.3) is 0 Å². The molecule has 2 aromatic carbocycles. The zero-order chi connectivity index (χ0) is 20.4. The molecule has 0 saturated carbocycles. The van der Waals surface area contributed by atoms with Gasteiger partial charge in [-0.2, -0.15) is 4.31 Å². The second-order valence-electron chi connectivity index (χ2n) is 6.28. The van der Waals surface area contributed by atoms with E-state index in [1.54, 1.807) is 24.3 Å². The Bertz CT molecular complexity index is 832. The predicted octanol–water partition coefficient (Wildman–Crippen LogP) is 3.19. The maximum atomic E-state index is 12.5. The van der Waals surface area contributed by atoms with Crippen LogP contribution < -0.4 is 10.1 Å².